The Morgan fingerprint density at radius 3 is 2.55 bits per heavy atom. The Balaban J connectivity index is 1.58. The van der Waals surface area contributed by atoms with E-state index in [-0.39, 0.29) is 0 Å². The minimum Gasteiger partial charge on any atom is -0.366 e. The molecule has 1 aromatic heterocycles. The Kier molecular flexibility index (Phi) is 5.24. The first-order valence-corrected chi connectivity index (χ1v) is 8.25. The molecule has 0 amide bonds. The molecule has 0 bridgehead atoms. The number of anilines is 1. The van der Waals surface area contributed by atoms with Crippen LogP contribution in [0.15, 0.2) is 36.4 Å². The van der Waals surface area contributed by atoms with Crippen molar-refractivity contribution < 1.29 is 0 Å². The maximum absolute atomic E-state index is 6.32. The molecule has 1 aliphatic rings. The second kappa shape index (κ2) is 7.56. The third-order valence-electron chi connectivity index (χ3n) is 3.99. The molecule has 4 nitrogen and oxygen atoms in total. The van der Waals surface area contributed by atoms with Gasteiger partial charge in [0, 0.05) is 18.7 Å². The Morgan fingerprint density at radius 1 is 1.05 bits per heavy atom. The van der Waals surface area contributed by atoms with E-state index < -0.39 is 0 Å². The Morgan fingerprint density at radius 2 is 1.82 bits per heavy atom. The van der Waals surface area contributed by atoms with Gasteiger partial charge in [0.2, 0.25) is 0 Å². The molecular formula is C17H21ClN4. The molecule has 1 N–H and O–H groups in total. The summed E-state index contributed by atoms with van der Waals surface area (Å²) in [5.41, 5.74) is 1.82. The standard InChI is InChI=1S/C17H21ClN4/c18-15-13-16(14-7-3-1-4-8-14)20-21-17(15)19-9-12-22-10-5-2-6-11-22/h1,3-4,7-8,13H,2,5-6,9-12H2,(H,19,21). The number of benzene rings is 1. The van der Waals surface area contributed by atoms with Crippen LogP contribution in [0.5, 0.6) is 0 Å². The number of likely N-dealkylation sites (tertiary alicyclic amines) is 1. The van der Waals surface area contributed by atoms with Gasteiger partial charge in [-0.2, -0.15) is 0 Å². The van der Waals surface area contributed by atoms with Gasteiger partial charge in [0.25, 0.3) is 0 Å². The van der Waals surface area contributed by atoms with Crippen molar-refractivity contribution in [3.8, 4) is 11.3 Å². The highest BCUT2D eigenvalue weighted by Gasteiger charge is 2.10. The van der Waals surface area contributed by atoms with E-state index in [0.29, 0.717) is 10.8 Å². The minimum absolute atomic E-state index is 0.618. The molecule has 1 fully saturated rings. The minimum atomic E-state index is 0.618. The fourth-order valence-electron chi connectivity index (χ4n) is 2.75. The van der Waals surface area contributed by atoms with Crippen LogP contribution in [-0.4, -0.2) is 41.3 Å². The van der Waals surface area contributed by atoms with Crippen LogP contribution < -0.4 is 5.32 Å². The summed E-state index contributed by atoms with van der Waals surface area (Å²) in [6, 6.07) is 11.8. The Hall–Kier alpha value is -1.65. The summed E-state index contributed by atoms with van der Waals surface area (Å²) in [6.07, 6.45) is 3.99. The molecule has 0 radical (unpaired) electrons. The van der Waals surface area contributed by atoms with Gasteiger partial charge >= 0.3 is 0 Å². The van der Waals surface area contributed by atoms with Crippen molar-refractivity contribution in [2.75, 3.05) is 31.5 Å². The van der Waals surface area contributed by atoms with Crippen molar-refractivity contribution in [2.24, 2.45) is 0 Å². The number of hydrogen-bond acceptors (Lipinski definition) is 4. The molecule has 2 aromatic rings. The van der Waals surface area contributed by atoms with Gasteiger partial charge in [-0.05, 0) is 32.0 Å². The van der Waals surface area contributed by atoms with Gasteiger partial charge in [0.15, 0.2) is 5.82 Å². The molecule has 2 heterocycles. The van der Waals surface area contributed by atoms with Crippen LogP contribution in [0.3, 0.4) is 0 Å². The lowest BCUT2D eigenvalue weighted by molar-refractivity contribution is 0.237. The van der Waals surface area contributed by atoms with E-state index in [9.17, 15) is 0 Å². The van der Waals surface area contributed by atoms with Crippen molar-refractivity contribution >= 4 is 17.4 Å². The fourth-order valence-corrected chi connectivity index (χ4v) is 2.96. The van der Waals surface area contributed by atoms with E-state index in [1.165, 1.54) is 32.4 Å². The second-order valence-corrected chi connectivity index (χ2v) is 6.03. The molecule has 22 heavy (non-hydrogen) atoms. The average molecular weight is 317 g/mol. The largest absolute Gasteiger partial charge is 0.366 e. The predicted molar refractivity (Wildman–Crippen MR) is 91.3 cm³/mol. The van der Waals surface area contributed by atoms with Crippen molar-refractivity contribution in [3.63, 3.8) is 0 Å². The summed E-state index contributed by atoms with van der Waals surface area (Å²) in [5.74, 6) is 0.665. The van der Waals surface area contributed by atoms with Crippen molar-refractivity contribution in [1.82, 2.24) is 15.1 Å². The van der Waals surface area contributed by atoms with Crippen molar-refractivity contribution in [1.29, 1.82) is 0 Å². The summed E-state index contributed by atoms with van der Waals surface area (Å²) >= 11 is 6.32. The van der Waals surface area contributed by atoms with Crippen LogP contribution >= 0.6 is 11.6 Å². The molecule has 1 aromatic carbocycles. The van der Waals surface area contributed by atoms with Crippen LogP contribution in [0.1, 0.15) is 19.3 Å². The van der Waals surface area contributed by atoms with Crippen LogP contribution in [0.4, 0.5) is 5.82 Å². The molecule has 1 saturated heterocycles. The lowest BCUT2D eigenvalue weighted by Gasteiger charge is -2.26. The van der Waals surface area contributed by atoms with Crippen molar-refractivity contribution in [3.05, 3.63) is 41.4 Å². The summed E-state index contributed by atoms with van der Waals surface area (Å²) in [5, 5.41) is 12.4. The number of nitrogens with one attached hydrogen (secondary N) is 1. The molecule has 3 rings (SSSR count). The summed E-state index contributed by atoms with van der Waals surface area (Å²) in [7, 11) is 0. The fraction of sp³-hybridized carbons (Fsp3) is 0.412. The molecule has 0 spiro atoms. The quantitative estimate of drug-likeness (QED) is 0.913. The molecule has 0 atom stereocenters. The normalized spacial score (nSPS) is 15.7. The SMILES string of the molecule is Clc1cc(-c2ccccc2)nnc1NCCN1CCCCC1. The Bertz CT molecular complexity index is 597. The van der Waals surface area contributed by atoms with Gasteiger partial charge in [0.1, 0.15) is 0 Å². The number of aromatic nitrogens is 2. The van der Waals surface area contributed by atoms with Gasteiger partial charge in [-0.1, -0.05) is 48.4 Å². The van der Waals surface area contributed by atoms with Gasteiger partial charge in [0.05, 0.1) is 10.7 Å². The zero-order valence-corrected chi connectivity index (χ0v) is 13.4. The first kappa shape index (κ1) is 15.3. The lowest BCUT2D eigenvalue weighted by Crippen LogP contribution is -2.33. The van der Waals surface area contributed by atoms with Crippen molar-refractivity contribution in [2.45, 2.75) is 19.3 Å². The highest BCUT2D eigenvalue weighted by atomic mass is 35.5. The summed E-state index contributed by atoms with van der Waals surface area (Å²) in [6.45, 7) is 4.28. The zero-order chi connectivity index (χ0) is 15.2. The summed E-state index contributed by atoms with van der Waals surface area (Å²) in [4.78, 5) is 2.48. The second-order valence-electron chi connectivity index (χ2n) is 5.62. The van der Waals surface area contributed by atoms with E-state index in [1.54, 1.807) is 0 Å². The van der Waals surface area contributed by atoms with Crippen LogP contribution in [0.25, 0.3) is 11.3 Å². The molecular weight excluding hydrogens is 296 g/mol. The maximum Gasteiger partial charge on any atom is 0.167 e. The van der Waals surface area contributed by atoms with Gasteiger partial charge < -0.3 is 10.2 Å². The maximum atomic E-state index is 6.32. The zero-order valence-electron chi connectivity index (χ0n) is 12.6. The average Bonchev–Trinajstić information content (AvgIpc) is 2.58. The highest BCUT2D eigenvalue weighted by Crippen LogP contribution is 2.24. The number of piperidine rings is 1. The van der Waals surface area contributed by atoms with Gasteiger partial charge in [-0.15, -0.1) is 10.2 Å². The molecule has 0 saturated carbocycles. The third-order valence-corrected chi connectivity index (χ3v) is 4.27. The van der Waals surface area contributed by atoms with E-state index in [4.69, 9.17) is 11.6 Å². The number of nitrogens with zero attached hydrogens (tertiary/aromatic N) is 3. The molecule has 5 heteroatoms. The van der Waals surface area contributed by atoms with Crippen LogP contribution in [0, 0.1) is 0 Å². The number of rotatable bonds is 5. The topological polar surface area (TPSA) is 41.1 Å². The lowest BCUT2D eigenvalue weighted by atomic mass is 10.1. The van der Waals surface area contributed by atoms with Gasteiger partial charge in [-0.3, -0.25) is 0 Å². The highest BCUT2D eigenvalue weighted by molar-refractivity contribution is 6.33. The van der Waals surface area contributed by atoms with Crippen LogP contribution in [-0.2, 0) is 0 Å². The van der Waals surface area contributed by atoms with E-state index in [0.717, 1.165) is 24.3 Å². The van der Waals surface area contributed by atoms with E-state index in [1.807, 2.05) is 36.4 Å². The Labute approximate surface area is 136 Å². The first-order valence-electron chi connectivity index (χ1n) is 7.88. The molecule has 1 aliphatic heterocycles. The molecule has 116 valence electrons. The van der Waals surface area contributed by atoms with E-state index in [2.05, 4.69) is 20.4 Å². The molecule has 0 unspecified atom stereocenters. The number of hydrogen-bond donors (Lipinski definition) is 1. The smallest absolute Gasteiger partial charge is 0.167 e. The predicted octanol–water partition coefficient (Wildman–Crippen LogP) is 3.69. The number of halogens is 1. The molecule has 0 aliphatic carbocycles. The van der Waals surface area contributed by atoms with Gasteiger partial charge in [-0.25, -0.2) is 0 Å². The first-order chi connectivity index (χ1) is 10.8. The van der Waals surface area contributed by atoms with E-state index >= 15 is 0 Å². The third kappa shape index (κ3) is 3.96. The monoisotopic (exact) mass is 316 g/mol. The van der Waals surface area contributed by atoms with Crippen LogP contribution in [0.2, 0.25) is 5.02 Å². The summed E-state index contributed by atoms with van der Waals surface area (Å²) < 4.78 is 0.